The van der Waals surface area contributed by atoms with E-state index in [2.05, 4.69) is 4.84 Å². The number of hydrogen-bond acceptors (Lipinski definition) is 6. The minimum absolute atomic E-state index is 0.0904. The Morgan fingerprint density at radius 1 is 1.50 bits per heavy atom. The molecule has 0 radical (unpaired) electrons. The van der Waals surface area contributed by atoms with Crippen LogP contribution in [0.5, 0.6) is 0 Å². The molecule has 0 unspecified atom stereocenters. The van der Waals surface area contributed by atoms with E-state index < -0.39 is 24.9 Å². The van der Waals surface area contributed by atoms with E-state index >= 15 is 0 Å². The van der Waals surface area contributed by atoms with Gasteiger partial charge in [0, 0.05) is 6.42 Å². The molecule has 0 aromatic carbocycles. The number of aldehydes is 1. The Balaban J connectivity index is 3.89. The van der Waals surface area contributed by atoms with Crippen LogP contribution in [0.1, 0.15) is 6.42 Å². The Bertz CT molecular complexity index is 131. The maximum absolute atomic E-state index is 10.0. The fourth-order valence-corrected chi connectivity index (χ4v) is 0.706. The summed E-state index contributed by atoms with van der Waals surface area (Å²) < 4.78 is 0. The maximum atomic E-state index is 10.0. The summed E-state index contributed by atoms with van der Waals surface area (Å²) in [5, 5.41) is 26.2. The highest BCUT2D eigenvalue weighted by atomic mass is 16.6. The fourth-order valence-electron chi connectivity index (χ4n) is 0.706. The monoisotopic (exact) mass is 179 g/mol. The number of hydrogen-bond donors (Lipinski definition) is 4. The van der Waals surface area contributed by atoms with Crippen molar-refractivity contribution in [1.82, 2.24) is 0 Å². The normalized spacial score (nSPS) is 18.3. The van der Waals surface area contributed by atoms with Gasteiger partial charge in [-0.25, -0.2) is 5.90 Å². The quantitative estimate of drug-likeness (QED) is 0.266. The summed E-state index contributed by atoms with van der Waals surface area (Å²) in [6.45, 7) is -0.467. The van der Waals surface area contributed by atoms with Crippen LogP contribution in [0.2, 0.25) is 0 Å². The molecule has 0 heterocycles. The molecule has 6 heteroatoms. The van der Waals surface area contributed by atoms with Crippen molar-refractivity contribution in [2.45, 2.75) is 24.7 Å². The number of nitrogens with two attached hydrogens (primary N) is 1. The highest BCUT2D eigenvalue weighted by Gasteiger charge is 2.21. The van der Waals surface area contributed by atoms with Gasteiger partial charge in [0.2, 0.25) is 0 Å². The molecule has 0 amide bonds. The molecular weight excluding hydrogens is 166 g/mol. The smallest absolute Gasteiger partial charge is 0.151 e. The van der Waals surface area contributed by atoms with E-state index in [1.165, 1.54) is 0 Å². The zero-order valence-corrected chi connectivity index (χ0v) is 6.46. The number of aliphatic hydroxyl groups excluding tert-OH is 3. The third-order valence-electron chi connectivity index (χ3n) is 1.41. The molecule has 3 atom stereocenters. The Kier molecular flexibility index (Phi) is 5.77. The molecule has 6 nitrogen and oxygen atoms in total. The van der Waals surface area contributed by atoms with Gasteiger partial charge in [0.05, 0.1) is 12.7 Å². The summed E-state index contributed by atoms with van der Waals surface area (Å²) in [7, 11) is 0. The van der Waals surface area contributed by atoms with Gasteiger partial charge in [-0.3, -0.25) is 4.84 Å². The summed E-state index contributed by atoms with van der Waals surface area (Å²) >= 11 is 0. The zero-order chi connectivity index (χ0) is 9.56. The average molecular weight is 179 g/mol. The molecule has 0 aliphatic carbocycles. The first-order valence-corrected chi connectivity index (χ1v) is 3.43. The van der Waals surface area contributed by atoms with Crippen LogP contribution in [0.15, 0.2) is 0 Å². The van der Waals surface area contributed by atoms with Gasteiger partial charge in [0.1, 0.15) is 12.2 Å². The molecule has 0 aliphatic rings. The minimum atomic E-state index is -1.38. The maximum Gasteiger partial charge on any atom is 0.151 e. The van der Waals surface area contributed by atoms with Gasteiger partial charge in [-0.15, -0.1) is 0 Å². The molecule has 0 aromatic heterocycles. The van der Waals surface area contributed by atoms with Crippen molar-refractivity contribution < 1.29 is 25.0 Å². The molecule has 0 bridgehead atoms. The molecule has 12 heavy (non-hydrogen) atoms. The van der Waals surface area contributed by atoms with Crippen LogP contribution in [0.3, 0.4) is 0 Å². The second-order valence-corrected chi connectivity index (χ2v) is 2.37. The molecule has 72 valence electrons. The van der Waals surface area contributed by atoms with Crippen LogP contribution >= 0.6 is 0 Å². The third kappa shape index (κ3) is 3.74. The molecule has 0 saturated heterocycles. The second kappa shape index (κ2) is 6.04. The van der Waals surface area contributed by atoms with Gasteiger partial charge in [-0.05, 0) is 0 Å². The lowest BCUT2D eigenvalue weighted by Gasteiger charge is -2.18. The first-order chi connectivity index (χ1) is 5.65. The van der Waals surface area contributed by atoms with E-state index in [0.29, 0.717) is 0 Å². The molecule has 0 rings (SSSR count). The van der Waals surface area contributed by atoms with Crippen molar-refractivity contribution >= 4 is 6.29 Å². The van der Waals surface area contributed by atoms with Crippen molar-refractivity contribution in [1.29, 1.82) is 0 Å². The Hall–Kier alpha value is -0.530. The summed E-state index contributed by atoms with van der Waals surface area (Å²) in [4.78, 5) is 14.3. The first-order valence-electron chi connectivity index (χ1n) is 3.43. The van der Waals surface area contributed by atoms with Gasteiger partial charge >= 0.3 is 0 Å². The van der Waals surface area contributed by atoms with Gasteiger partial charge in [0.25, 0.3) is 0 Å². The minimum Gasteiger partial charge on any atom is -0.394 e. The average Bonchev–Trinajstić information content (AvgIpc) is 2.12. The van der Waals surface area contributed by atoms with Gasteiger partial charge in [-0.1, -0.05) is 0 Å². The first kappa shape index (κ1) is 11.5. The van der Waals surface area contributed by atoms with Gasteiger partial charge in [0.15, 0.2) is 6.29 Å². The van der Waals surface area contributed by atoms with E-state index in [0.717, 1.165) is 0 Å². The molecule has 0 aliphatic heterocycles. The number of rotatable bonds is 6. The van der Waals surface area contributed by atoms with Crippen LogP contribution in [-0.2, 0) is 9.63 Å². The lowest BCUT2D eigenvalue weighted by atomic mass is 10.1. The molecule has 0 saturated carbocycles. The van der Waals surface area contributed by atoms with E-state index in [-0.39, 0.29) is 12.7 Å². The predicted octanol–water partition coefficient (Wildman–Crippen LogP) is -2.45. The lowest BCUT2D eigenvalue weighted by molar-refractivity contribution is -0.126. The second-order valence-electron chi connectivity index (χ2n) is 2.37. The Morgan fingerprint density at radius 2 is 2.08 bits per heavy atom. The van der Waals surface area contributed by atoms with Gasteiger partial charge < -0.3 is 20.1 Å². The summed E-state index contributed by atoms with van der Waals surface area (Å²) in [5.41, 5.74) is 0. The number of carbonyl (C=O) groups excluding carboxylic acids is 1. The summed E-state index contributed by atoms with van der Waals surface area (Å²) in [6, 6.07) is 0. The molecule has 5 N–H and O–H groups in total. The fraction of sp³-hybridized carbons (Fsp3) is 0.833. The largest absolute Gasteiger partial charge is 0.394 e. The topological polar surface area (TPSA) is 113 Å². The van der Waals surface area contributed by atoms with E-state index in [9.17, 15) is 4.79 Å². The Morgan fingerprint density at radius 3 is 2.42 bits per heavy atom. The Labute approximate surface area is 69.5 Å². The SMILES string of the molecule is NO[C@@H](C[C@H](O)CO)[C@@H](O)C=O. The van der Waals surface area contributed by atoms with Crippen LogP contribution < -0.4 is 5.90 Å². The van der Waals surface area contributed by atoms with Crippen molar-refractivity contribution in [3.05, 3.63) is 0 Å². The zero-order valence-electron chi connectivity index (χ0n) is 6.46. The van der Waals surface area contributed by atoms with Crippen molar-refractivity contribution in [2.24, 2.45) is 5.90 Å². The molecule has 0 spiro atoms. The summed E-state index contributed by atoms with van der Waals surface area (Å²) in [5.74, 6) is 4.74. The molecule has 0 aromatic rings. The third-order valence-corrected chi connectivity index (χ3v) is 1.41. The van der Waals surface area contributed by atoms with Crippen LogP contribution in [0, 0.1) is 0 Å². The standard InChI is InChI=1S/C6H13NO5/c7-12-6(5(11)3-9)1-4(10)2-8/h3-6,8,10-11H,1-2,7H2/t4-,5-,6-/m0/s1. The highest BCUT2D eigenvalue weighted by molar-refractivity contribution is 5.56. The van der Waals surface area contributed by atoms with Crippen molar-refractivity contribution in [3.8, 4) is 0 Å². The van der Waals surface area contributed by atoms with Gasteiger partial charge in [-0.2, -0.15) is 0 Å². The number of carbonyl (C=O) groups is 1. The molecular formula is C6H13NO5. The number of aliphatic hydroxyl groups is 3. The van der Waals surface area contributed by atoms with E-state index in [1.54, 1.807) is 0 Å². The highest BCUT2D eigenvalue weighted by Crippen LogP contribution is 2.04. The van der Waals surface area contributed by atoms with E-state index in [1.807, 2.05) is 0 Å². The predicted molar refractivity (Wildman–Crippen MR) is 38.8 cm³/mol. The van der Waals surface area contributed by atoms with Crippen LogP contribution in [0.25, 0.3) is 0 Å². The van der Waals surface area contributed by atoms with E-state index in [4.69, 9.17) is 21.2 Å². The van der Waals surface area contributed by atoms with Crippen molar-refractivity contribution in [3.63, 3.8) is 0 Å². The van der Waals surface area contributed by atoms with Crippen LogP contribution in [-0.4, -0.2) is 46.5 Å². The van der Waals surface area contributed by atoms with Crippen LogP contribution in [0.4, 0.5) is 0 Å². The summed E-state index contributed by atoms with van der Waals surface area (Å²) in [6.07, 6.45) is -3.25. The lowest BCUT2D eigenvalue weighted by Crippen LogP contribution is -2.36. The molecule has 0 fully saturated rings. The van der Waals surface area contributed by atoms with Crippen molar-refractivity contribution in [2.75, 3.05) is 6.61 Å².